The third-order valence-electron chi connectivity index (χ3n) is 2.77. The molecule has 0 spiro atoms. The number of nitrogens with zero attached hydrogens (tertiary/aromatic N) is 1. The Morgan fingerprint density at radius 2 is 1.94 bits per heavy atom. The lowest BCUT2D eigenvalue weighted by Crippen LogP contribution is -2.34. The van der Waals surface area contributed by atoms with Gasteiger partial charge >= 0.3 is 0 Å². The Labute approximate surface area is 99.5 Å². The fourth-order valence-corrected chi connectivity index (χ4v) is 1.92. The number of nitrogens with two attached hydrogens (primary N) is 1. The lowest BCUT2D eigenvalue weighted by Gasteiger charge is -2.21. The number of hydrogen-bond donors (Lipinski definition) is 1. The Morgan fingerprint density at radius 3 is 2.56 bits per heavy atom. The Balaban J connectivity index is 2.27. The third kappa shape index (κ3) is 5.29. The summed E-state index contributed by atoms with van der Waals surface area (Å²) in [6, 6.07) is 10.9. The molecule has 1 atom stereocenters. The Bertz CT molecular complexity index is 271. The van der Waals surface area contributed by atoms with Crippen LogP contribution in [0.25, 0.3) is 0 Å². The average Bonchev–Trinajstić information content (AvgIpc) is 2.27. The molecule has 0 saturated heterocycles. The van der Waals surface area contributed by atoms with Crippen LogP contribution in [0, 0.1) is 0 Å². The Kier molecular flexibility index (Phi) is 6.12. The first-order valence-corrected chi connectivity index (χ1v) is 6.20. The summed E-state index contributed by atoms with van der Waals surface area (Å²) in [5.74, 6) is 0. The molecule has 90 valence electrons. The smallest absolute Gasteiger partial charge is 0.0231 e. The lowest BCUT2D eigenvalue weighted by molar-refractivity contribution is 0.295. The number of rotatable bonds is 7. The van der Waals surface area contributed by atoms with E-state index in [1.54, 1.807) is 0 Å². The van der Waals surface area contributed by atoms with Gasteiger partial charge < -0.3 is 10.6 Å². The van der Waals surface area contributed by atoms with Gasteiger partial charge in [-0.2, -0.15) is 0 Å². The van der Waals surface area contributed by atoms with Crippen LogP contribution in [-0.4, -0.2) is 24.5 Å². The van der Waals surface area contributed by atoms with Crippen LogP contribution >= 0.6 is 0 Å². The molecule has 0 aromatic heterocycles. The Morgan fingerprint density at radius 1 is 1.25 bits per heavy atom. The molecule has 0 aliphatic heterocycles. The predicted molar refractivity (Wildman–Crippen MR) is 70.3 cm³/mol. The minimum atomic E-state index is 0.314. The van der Waals surface area contributed by atoms with Crippen molar-refractivity contribution in [3.8, 4) is 0 Å². The van der Waals surface area contributed by atoms with Crippen LogP contribution in [0.15, 0.2) is 30.3 Å². The van der Waals surface area contributed by atoms with Crippen LogP contribution in [0.3, 0.4) is 0 Å². The molecule has 16 heavy (non-hydrogen) atoms. The molecule has 1 aromatic carbocycles. The van der Waals surface area contributed by atoms with E-state index in [4.69, 9.17) is 5.73 Å². The summed E-state index contributed by atoms with van der Waals surface area (Å²) in [5, 5.41) is 0. The van der Waals surface area contributed by atoms with Gasteiger partial charge in [-0.3, -0.25) is 0 Å². The first-order valence-electron chi connectivity index (χ1n) is 6.20. The van der Waals surface area contributed by atoms with E-state index in [-0.39, 0.29) is 0 Å². The molecule has 0 bridgehead atoms. The minimum absolute atomic E-state index is 0.314. The molecule has 2 N–H and O–H groups in total. The fourth-order valence-electron chi connectivity index (χ4n) is 1.92. The summed E-state index contributed by atoms with van der Waals surface area (Å²) in [6.45, 7) is 4.18. The zero-order valence-electron chi connectivity index (χ0n) is 10.5. The number of benzene rings is 1. The highest BCUT2D eigenvalue weighted by Gasteiger charge is 2.06. The van der Waals surface area contributed by atoms with Crippen molar-refractivity contribution in [2.75, 3.05) is 13.6 Å². The van der Waals surface area contributed by atoms with E-state index in [9.17, 15) is 0 Å². The highest BCUT2D eigenvalue weighted by molar-refractivity contribution is 5.14. The molecule has 0 amide bonds. The quantitative estimate of drug-likeness (QED) is 0.765. The van der Waals surface area contributed by atoms with Gasteiger partial charge in [0, 0.05) is 19.1 Å². The first kappa shape index (κ1) is 13.2. The predicted octanol–water partition coefficient (Wildman–Crippen LogP) is 2.64. The van der Waals surface area contributed by atoms with Crippen LogP contribution in [0.5, 0.6) is 0 Å². The summed E-state index contributed by atoms with van der Waals surface area (Å²) in [4.78, 5) is 2.30. The second-order valence-corrected chi connectivity index (χ2v) is 4.58. The van der Waals surface area contributed by atoms with Crippen molar-refractivity contribution < 1.29 is 0 Å². The molecule has 1 aromatic rings. The highest BCUT2D eigenvalue weighted by Crippen LogP contribution is 2.05. The molecular weight excluding hydrogens is 196 g/mol. The molecule has 0 heterocycles. The van der Waals surface area contributed by atoms with E-state index in [0.29, 0.717) is 6.04 Å². The molecule has 0 saturated carbocycles. The van der Waals surface area contributed by atoms with Gasteiger partial charge in [0.1, 0.15) is 0 Å². The van der Waals surface area contributed by atoms with Gasteiger partial charge in [-0.05, 0) is 19.0 Å². The van der Waals surface area contributed by atoms with Gasteiger partial charge in [-0.1, -0.05) is 50.1 Å². The normalized spacial score (nSPS) is 13.0. The minimum Gasteiger partial charge on any atom is -0.327 e. The molecule has 2 heteroatoms. The summed E-state index contributed by atoms with van der Waals surface area (Å²) in [6.07, 6.45) is 3.60. The van der Waals surface area contributed by atoms with Crippen LogP contribution < -0.4 is 5.73 Å². The van der Waals surface area contributed by atoms with E-state index in [1.807, 2.05) is 0 Å². The van der Waals surface area contributed by atoms with Gasteiger partial charge in [0.15, 0.2) is 0 Å². The van der Waals surface area contributed by atoms with Crippen molar-refractivity contribution in [1.82, 2.24) is 4.90 Å². The van der Waals surface area contributed by atoms with E-state index in [0.717, 1.165) is 19.5 Å². The van der Waals surface area contributed by atoms with Crippen molar-refractivity contribution >= 4 is 0 Å². The SMILES string of the molecule is CCCC[C@H](N)CN(C)Cc1ccccc1. The van der Waals surface area contributed by atoms with Gasteiger partial charge in [0.25, 0.3) is 0 Å². The maximum absolute atomic E-state index is 6.07. The van der Waals surface area contributed by atoms with Gasteiger partial charge in [-0.15, -0.1) is 0 Å². The lowest BCUT2D eigenvalue weighted by atomic mass is 10.1. The zero-order chi connectivity index (χ0) is 11.8. The topological polar surface area (TPSA) is 29.3 Å². The molecule has 0 aliphatic carbocycles. The standard InChI is InChI=1S/C14H24N2/c1-3-4-10-14(15)12-16(2)11-13-8-6-5-7-9-13/h5-9,14H,3-4,10-12,15H2,1-2H3/t14-/m0/s1. The van der Waals surface area contributed by atoms with Gasteiger partial charge in [0.05, 0.1) is 0 Å². The van der Waals surface area contributed by atoms with Crippen molar-refractivity contribution in [3.05, 3.63) is 35.9 Å². The van der Waals surface area contributed by atoms with Crippen molar-refractivity contribution in [3.63, 3.8) is 0 Å². The van der Waals surface area contributed by atoms with Gasteiger partial charge in [0.2, 0.25) is 0 Å². The zero-order valence-corrected chi connectivity index (χ0v) is 10.5. The van der Waals surface area contributed by atoms with Crippen LogP contribution in [-0.2, 0) is 6.54 Å². The molecule has 0 unspecified atom stereocenters. The van der Waals surface area contributed by atoms with Crippen LogP contribution in [0.1, 0.15) is 31.7 Å². The summed E-state index contributed by atoms with van der Waals surface area (Å²) >= 11 is 0. The van der Waals surface area contributed by atoms with Crippen molar-refractivity contribution in [2.24, 2.45) is 5.73 Å². The second kappa shape index (κ2) is 7.42. The van der Waals surface area contributed by atoms with Crippen molar-refractivity contribution in [1.29, 1.82) is 0 Å². The van der Waals surface area contributed by atoms with E-state index in [1.165, 1.54) is 18.4 Å². The molecule has 0 fully saturated rings. The van der Waals surface area contributed by atoms with E-state index in [2.05, 4.69) is 49.2 Å². The summed E-state index contributed by atoms with van der Waals surface area (Å²) in [7, 11) is 2.14. The van der Waals surface area contributed by atoms with Crippen LogP contribution in [0.4, 0.5) is 0 Å². The maximum Gasteiger partial charge on any atom is 0.0231 e. The summed E-state index contributed by atoms with van der Waals surface area (Å²) < 4.78 is 0. The van der Waals surface area contributed by atoms with Crippen LogP contribution in [0.2, 0.25) is 0 Å². The molecule has 1 rings (SSSR count). The average molecular weight is 220 g/mol. The monoisotopic (exact) mass is 220 g/mol. The number of unbranched alkanes of at least 4 members (excludes halogenated alkanes) is 1. The second-order valence-electron chi connectivity index (χ2n) is 4.58. The van der Waals surface area contributed by atoms with Crippen molar-refractivity contribution in [2.45, 2.75) is 38.8 Å². The first-order chi connectivity index (χ1) is 7.72. The number of hydrogen-bond acceptors (Lipinski definition) is 2. The largest absolute Gasteiger partial charge is 0.327 e. The fraction of sp³-hybridized carbons (Fsp3) is 0.571. The summed E-state index contributed by atoms with van der Waals surface area (Å²) in [5.41, 5.74) is 7.43. The molecular formula is C14H24N2. The van der Waals surface area contributed by atoms with E-state index < -0.39 is 0 Å². The number of likely N-dealkylation sites (N-methyl/N-ethyl adjacent to an activating group) is 1. The molecule has 0 aliphatic rings. The highest BCUT2D eigenvalue weighted by atomic mass is 15.1. The molecule has 2 nitrogen and oxygen atoms in total. The maximum atomic E-state index is 6.07. The Hall–Kier alpha value is -0.860. The van der Waals surface area contributed by atoms with E-state index >= 15 is 0 Å². The third-order valence-corrected chi connectivity index (χ3v) is 2.77. The molecule has 0 radical (unpaired) electrons. The van der Waals surface area contributed by atoms with Gasteiger partial charge in [-0.25, -0.2) is 0 Å².